The van der Waals surface area contributed by atoms with Gasteiger partial charge in [-0.15, -0.1) is 0 Å². The van der Waals surface area contributed by atoms with Gasteiger partial charge in [0.15, 0.2) is 5.16 Å². The Balaban J connectivity index is 2.18. The molecule has 2 heterocycles. The van der Waals surface area contributed by atoms with Crippen molar-refractivity contribution in [1.82, 2.24) is 9.97 Å². The number of hydrogen-bond acceptors (Lipinski definition) is 6. The van der Waals surface area contributed by atoms with Crippen LogP contribution in [0.3, 0.4) is 0 Å². The largest absolute Gasteiger partial charge is 0.390 e. The molecule has 3 N–H and O–H groups in total. The van der Waals surface area contributed by atoms with E-state index in [1.807, 2.05) is 13.2 Å². The average Bonchev–Trinajstić information content (AvgIpc) is 2.49. The predicted octanol–water partition coefficient (Wildman–Crippen LogP) is 1.52. The lowest BCUT2D eigenvalue weighted by molar-refractivity contribution is 0.0481. The molecule has 1 saturated heterocycles. The quantitative estimate of drug-likeness (QED) is 0.626. The Bertz CT molecular complexity index is 425. The van der Waals surface area contributed by atoms with Crippen LogP contribution in [0.5, 0.6) is 0 Å². The zero-order chi connectivity index (χ0) is 13.2. The van der Waals surface area contributed by atoms with Gasteiger partial charge in [0.2, 0.25) is 0 Å². The van der Waals surface area contributed by atoms with Crippen LogP contribution in [0.15, 0.2) is 11.2 Å². The van der Waals surface area contributed by atoms with E-state index in [0.717, 1.165) is 38.2 Å². The highest BCUT2D eigenvalue weighted by Crippen LogP contribution is 2.25. The van der Waals surface area contributed by atoms with E-state index in [0.29, 0.717) is 11.0 Å². The molecule has 0 aromatic carbocycles. The summed E-state index contributed by atoms with van der Waals surface area (Å²) in [6.45, 7) is 3.61. The number of anilines is 2. The number of nitrogens with zero attached hydrogens (tertiary/aromatic N) is 3. The highest BCUT2D eigenvalue weighted by molar-refractivity contribution is 7.98. The van der Waals surface area contributed by atoms with E-state index in [-0.39, 0.29) is 0 Å². The molecule has 18 heavy (non-hydrogen) atoms. The van der Waals surface area contributed by atoms with Gasteiger partial charge in [0.25, 0.3) is 0 Å². The SMILES string of the molecule is CSc1nc(N)cc(N2CCCC(C)(O)CC2)n1. The number of nitrogen functional groups attached to an aromatic ring is 1. The van der Waals surface area contributed by atoms with Gasteiger partial charge in [0, 0.05) is 19.2 Å². The zero-order valence-electron chi connectivity index (χ0n) is 10.9. The number of aromatic nitrogens is 2. The maximum absolute atomic E-state index is 10.1. The number of thioether (sulfide) groups is 1. The summed E-state index contributed by atoms with van der Waals surface area (Å²) in [5.74, 6) is 1.37. The van der Waals surface area contributed by atoms with Gasteiger partial charge in [-0.25, -0.2) is 9.97 Å². The van der Waals surface area contributed by atoms with Crippen LogP contribution in [0.1, 0.15) is 26.2 Å². The smallest absolute Gasteiger partial charge is 0.191 e. The molecule has 6 heteroatoms. The van der Waals surface area contributed by atoms with Crippen LogP contribution in [-0.2, 0) is 0 Å². The van der Waals surface area contributed by atoms with Gasteiger partial charge < -0.3 is 15.7 Å². The van der Waals surface area contributed by atoms with Crippen molar-refractivity contribution in [2.24, 2.45) is 0 Å². The molecule has 100 valence electrons. The average molecular weight is 268 g/mol. The van der Waals surface area contributed by atoms with Crippen LogP contribution < -0.4 is 10.6 Å². The summed E-state index contributed by atoms with van der Waals surface area (Å²) in [5, 5.41) is 10.8. The van der Waals surface area contributed by atoms with E-state index in [1.165, 1.54) is 11.8 Å². The normalized spacial score (nSPS) is 24.9. The number of hydrogen-bond donors (Lipinski definition) is 2. The van der Waals surface area contributed by atoms with Gasteiger partial charge >= 0.3 is 0 Å². The topological polar surface area (TPSA) is 75.3 Å². The van der Waals surface area contributed by atoms with Crippen LogP contribution in [0.25, 0.3) is 0 Å². The number of nitrogens with two attached hydrogens (primary N) is 1. The highest BCUT2D eigenvalue weighted by Gasteiger charge is 2.25. The molecule has 1 atom stereocenters. The minimum Gasteiger partial charge on any atom is -0.390 e. The van der Waals surface area contributed by atoms with Crippen LogP contribution in [0, 0.1) is 0 Å². The minimum absolute atomic E-state index is 0.500. The molecule has 2 rings (SSSR count). The summed E-state index contributed by atoms with van der Waals surface area (Å²) in [4.78, 5) is 10.8. The van der Waals surface area contributed by atoms with Crippen molar-refractivity contribution in [3.63, 3.8) is 0 Å². The number of rotatable bonds is 2. The number of aliphatic hydroxyl groups is 1. The van der Waals surface area contributed by atoms with E-state index in [1.54, 1.807) is 6.07 Å². The van der Waals surface area contributed by atoms with Crippen LogP contribution >= 0.6 is 11.8 Å². The van der Waals surface area contributed by atoms with Crippen LogP contribution in [0.2, 0.25) is 0 Å². The molecule has 1 aromatic heterocycles. The summed E-state index contributed by atoms with van der Waals surface area (Å²) in [7, 11) is 0. The third-order valence-electron chi connectivity index (χ3n) is 3.28. The summed E-state index contributed by atoms with van der Waals surface area (Å²) >= 11 is 1.49. The molecule has 0 amide bonds. The first-order valence-electron chi connectivity index (χ1n) is 6.16. The van der Waals surface area contributed by atoms with Gasteiger partial charge in [0.1, 0.15) is 11.6 Å². The first-order valence-corrected chi connectivity index (χ1v) is 7.38. The van der Waals surface area contributed by atoms with Crippen molar-refractivity contribution in [3.05, 3.63) is 6.07 Å². The van der Waals surface area contributed by atoms with Gasteiger partial charge in [-0.05, 0) is 32.4 Å². The fraction of sp³-hybridized carbons (Fsp3) is 0.667. The molecule has 1 aliphatic heterocycles. The monoisotopic (exact) mass is 268 g/mol. The standard InChI is InChI=1S/C12H20N4OS/c1-12(17)4-3-6-16(7-5-12)10-8-9(13)14-11(15-10)18-2/h8,17H,3-7H2,1-2H3,(H2,13,14,15). The maximum atomic E-state index is 10.1. The Morgan fingerprint density at radius 1 is 1.39 bits per heavy atom. The van der Waals surface area contributed by atoms with Gasteiger partial charge in [-0.2, -0.15) is 0 Å². The lowest BCUT2D eigenvalue weighted by Crippen LogP contribution is -2.29. The third kappa shape index (κ3) is 3.26. The highest BCUT2D eigenvalue weighted by atomic mass is 32.2. The minimum atomic E-state index is -0.560. The van der Waals surface area contributed by atoms with Crippen molar-refractivity contribution in [2.75, 3.05) is 30.0 Å². The molecule has 0 aliphatic carbocycles. The third-order valence-corrected chi connectivity index (χ3v) is 3.83. The van der Waals surface area contributed by atoms with Crippen molar-refractivity contribution in [2.45, 2.75) is 36.9 Å². The molecule has 0 saturated carbocycles. The van der Waals surface area contributed by atoms with Crippen molar-refractivity contribution in [3.8, 4) is 0 Å². The van der Waals surface area contributed by atoms with Crippen LogP contribution in [0.4, 0.5) is 11.6 Å². The second kappa shape index (κ2) is 5.32. The Hall–Kier alpha value is -1.01. The van der Waals surface area contributed by atoms with Gasteiger partial charge in [-0.3, -0.25) is 0 Å². The summed E-state index contributed by atoms with van der Waals surface area (Å²) < 4.78 is 0. The van der Waals surface area contributed by atoms with Crippen molar-refractivity contribution >= 4 is 23.4 Å². The van der Waals surface area contributed by atoms with E-state index in [9.17, 15) is 5.11 Å². The second-order valence-corrected chi connectivity index (χ2v) is 5.75. The predicted molar refractivity (Wildman–Crippen MR) is 74.9 cm³/mol. The lowest BCUT2D eigenvalue weighted by atomic mass is 9.98. The molecule has 0 spiro atoms. The molecule has 1 aliphatic rings. The van der Waals surface area contributed by atoms with E-state index >= 15 is 0 Å². The summed E-state index contributed by atoms with van der Waals surface area (Å²) in [6, 6.07) is 1.81. The molecule has 5 nitrogen and oxygen atoms in total. The molecule has 0 radical (unpaired) electrons. The Labute approximate surface area is 112 Å². The maximum Gasteiger partial charge on any atom is 0.191 e. The first kappa shape index (κ1) is 13.4. The van der Waals surface area contributed by atoms with Crippen LogP contribution in [-0.4, -0.2) is 40.0 Å². The molecule has 1 aromatic rings. The molecular formula is C12H20N4OS. The Kier molecular flexibility index (Phi) is 3.97. The molecule has 0 bridgehead atoms. The fourth-order valence-electron chi connectivity index (χ4n) is 2.18. The van der Waals surface area contributed by atoms with Gasteiger partial charge in [-0.1, -0.05) is 11.8 Å². The van der Waals surface area contributed by atoms with E-state index < -0.39 is 5.60 Å². The van der Waals surface area contributed by atoms with Crippen molar-refractivity contribution < 1.29 is 5.11 Å². The summed E-state index contributed by atoms with van der Waals surface area (Å²) in [5.41, 5.74) is 5.23. The second-order valence-electron chi connectivity index (χ2n) is 4.98. The first-order chi connectivity index (χ1) is 8.50. The fourth-order valence-corrected chi connectivity index (χ4v) is 2.56. The van der Waals surface area contributed by atoms with Crippen molar-refractivity contribution in [1.29, 1.82) is 0 Å². The van der Waals surface area contributed by atoms with E-state index in [2.05, 4.69) is 14.9 Å². The Morgan fingerprint density at radius 3 is 2.89 bits per heavy atom. The van der Waals surface area contributed by atoms with E-state index in [4.69, 9.17) is 5.73 Å². The Morgan fingerprint density at radius 2 is 2.17 bits per heavy atom. The zero-order valence-corrected chi connectivity index (χ0v) is 11.7. The summed E-state index contributed by atoms with van der Waals surface area (Å²) in [6.07, 6.45) is 4.49. The van der Waals surface area contributed by atoms with Gasteiger partial charge in [0.05, 0.1) is 5.60 Å². The molecule has 1 fully saturated rings. The molecular weight excluding hydrogens is 248 g/mol. The molecule has 1 unspecified atom stereocenters. The lowest BCUT2D eigenvalue weighted by Gasteiger charge is -2.23.